The zero-order chi connectivity index (χ0) is 31.6. The number of carbonyl (C=O) groups is 1. The first-order valence-electron chi connectivity index (χ1n) is 13.8. The Morgan fingerprint density at radius 3 is 2.56 bits per heavy atom. The van der Waals surface area contributed by atoms with Gasteiger partial charge in [0.05, 0.1) is 48.6 Å². The molecule has 3 aromatic rings. The number of hydrogen-bond acceptors (Lipinski definition) is 11. The molecule has 43 heavy (non-hydrogen) atoms. The monoisotopic (exact) mass is 650 g/mol. The van der Waals surface area contributed by atoms with Crippen molar-refractivity contribution < 1.29 is 33.2 Å². The lowest BCUT2D eigenvalue weighted by Crippen LogP contribution is -2.22. The van der Waals surface area contributed by atoms with Gasteiger partial charge in [-0.1, -0.05) is 43.0 Å². The quantitative estimate of drug-likeness (QED) is 0.0427. The van der Waals surface area contributed by atoms with Gasteiger partial charge in [-0.25, -0.2) is 9.97 Å². The van der Waals surface area contributed by atoms with E-state index in [0.29, 0.717) is 69.4 Å². The van der Waals surface area contributed by atoms with Crippen LogP contribution in [0.4, 0.5) is 0 Å². The van der Waals surface area contributed by atoms with Gasteiger partial charge in [0.15, 0.2) is 23.4 Å². The Morgan fingerprint density at radius 2 is 1.91 bits per heavy atom. The van der Waals surface area contributed by atoms with Gasteiger partial charge in [0.2, 0.25) is 0 Å². The molecule has 0 radical (unpaired) electrons. The highest BCUT2D eigenvalue weighted by Crippen LogP contribution is 2.42. The maximum absolute atomic E-state index is 12.4. The fourth-order valence-electron chi connectivity index (χ4n) is 3.90. The molecule has 3 rings (SSSR count). The minimum absolute atomic E-state index is 0.0489. The number of nitriles is 1. The number of thioether (sulfide) groups is 1. The molecule has 1 atom stereocenters. The number of ether oxygens (including phenoxy) is 6. The van der Waals surface area contributed by atoms with Crippen LogP contribution in [0.25, 0.3) is 22.3 Å². The summed E-state index contributed by atoms with van der Waals surface area (Å²) < 4.78 is 34.8. The van der Waals surface area contributed by atoms with E-state index in [0.717, 1.165) is 17.8 Å². The van der Waals surface area contributed by atoms with Crippen molar-refractivity contribution in [3.63, 3.8) is 0 Å². The summed E-state index contributed by atoms with van der Waals surface area (Å²) >= 11 is 7.93. The summed E-state index contributed by atoms with van der Waals surface area (Å²) in [5, 5.41) is 10.7. The van der Waals surface area contributed by atoms with Crippen LogP contribution in [-0.4, -0.2) is 81.3 Å². The lowest BCUT2D eigenvalue weighted by molar-refractivity contribution is -0.142. The first-order valence-corrected chi connectivity index (χ1v) is 18.8. The number of esters is 1. The van der Waals surface area contributed by atoms with Crippen molar-refractivity contribution in [3.05, 3.63) is 28.9 Å². The van der Waals surface area contributed by atoms with Crippen molar-refractivity contribution in [2.24, 2.45) is 0 Å². The first kappa shape index (κ1) is 34.6. The minimum atomic E-state index is -1.30. The Hall–Kier alpha value is -2.86. The fraction of sp³-hybridized carbons (Fsp3) is 0.517. The summed E-state index contributed by atoms with van der Waals surface area (Å²) in [6.45, 7) is 12.1. The maximum Gasteiger partial charge on any atom is 0.319 e. The molecular weight excluding hydrogens is 612 g/mol. The number of carbonyl (C=O) groups excluding carboxylic acids is 1. The number of aromatic nitrogens is 3. The Labute approximate surface area is 262 Å². The van der Waals surface area contributed by atoms with Crippen LogP contribution < -0.4 is 9.47 Å². The Kier molecular flexibility index (Phi) is 13.1. The predicted octanol–water partition coefficient (Wildman–Crippen LogP) is 5.99. The summed E-state index contributed by atoms with van der Waals surface area (Å²) in [5.41, 5.74) is 1.72. The predicted molar refractivity (Wildman–Crippen MR) is 169 cm³/mol. The number of benzene rings is 1. The highest BCUT2D eigenvalue weighted by molar-refractivity contribution is 8.00. The Bertz CT molecular complexity index is 1440. The van der Waals surface area contributed by atoms with Crippen LogP contribution in [0.15, 0.2) is 23.5 Å². The van der Waals surface area contributed by atoms with Crippen molar-refractivity contribution in [1.82, 2.24) is 14.5 Å². The SMILES string of the molecule is CCOC(=O)C(C)Sc1nc(-c2cc(OCOCCOC)c(OC)cc2Cl)c2c(C#N)cn(COCC[Si](C)(C)C)c2n1. The van der Waals surface area contributed by atoms with E-state index in [2.05, 4.69) is 25.7 Å². The summed E-state index contributed by atoms with van der Waals surface area (Å²) in [6, 6.07) is 6.56. The topological polar surface area (TPSA) is 127 Å². The van der Waals surface area contributed by atoms with Crippen LogP contribution in [0.5, 0.6) is 11.5 Å². The van der Waals surface area contributed by atoms with Gasteiger partial charge in [-0.05, 0) is 26.0 Å². The van der Waals surface area contributed by atoms with Gasteiger partial charge >= 0.3 is 5.97 Å². The van der Waals surface area contributed by atoms with Crippen LogP contribution in [0.3, 0.4) is 0 Å². The van der Waals surface area contributed by atoms with Gasteiger partial charge in [-0.15, -0.1) is 0 Å². The molecule has 0 aliphatic rings. The number of fused-ring (bicyclic) bond motifs is 1. The third kappa shape index (κ3) is 9.56. The van der Waals surface area contributed by atoms with Crippen molar-refractivity contribution in [1.29, 1.82) is 5.26 Å². The molecule has 0 amide bonds. The second-order valence-corrected chi connectivity index (χ2v) is 18.0. The van der Waals surface area contributed by atoms with E-state index in [4.69, 9.17) is 50.0 Å². The van der Waals surface area contributed by atoms with Gasteiger partial charge in [0, 0.05) is 39.6 Å². The molecule has 1 aromatic carbocycles. The second kappa shape index (κ2) is 16.3. The fourth-order valence-corrected chi connectivity index (χ4v) is 5.66. The van der Waals surface area contributed by atoms with E-state index in [1.165, 1.54) is 7.11 Å². The van der Waals surface area contributed by atoms with E-state index in [1.54, 1.807) is 43.9 Å². The molecule has 234 valence electrons. The van der Waals surface area contributed by atoms with Gasteiger partial charge in [-0.3, -0.25) is 4.79 Å². The average Bonchev–Trinajstić information content (AvgIpc) is 3.32. The Balaban J connectivity index is 2.13. The molecule has 14 heteroatoms. The van der Waals surface area contributed by atoms with E-state index in [1.807, 2.05) is 0 Å². The maximum atomic E-state index is 12.4. The zero-order valence-electron chi connectivity index (χ0n) is 25.7. The molecule has 0 saturated carbocycles. The largest absolute Gasteiger partial charge is 0.493 e. The van der Waals surface area contributed by atoms with Gasteiger partial charge < -0.3 is 33.0 Å². The van der Waals surface area contributed by atoms with Crippen molar-refractivity contribution in [2.75, 3.05) is 47.4 Å². The molecule has 2 aromatic heterocycles. The summed E-state index contributed by atoms with van der Waals surface area (Å²) in [6.07, 6.45) is 1.69. The van der Waals surface area contributed by atoms with Crippen molar-refractivity contribution >= 4 is 48.4 Å². The molecule has 0 aliphatic heterocycles. The molecule has 0 saturated heterocycles. The molecule has 0 spiro atoms. The van der Waals surface area contributed by atoms with E-state index < -0.39 is 13.3 Å². The lowest BCUT2D eigenvalue weighted by atomic mass is 10.1. The Morgan fingerprint density at radius 1 is 1.14 bits per heavy atom. The lowest BCUT2D eigenvalue weighted by Gasteiger charge is -2.16. The zero-order valence-corrected chi connectivity index (χ0v) is 28.3. The third-order valence-electron chi connectivity index (χ3n) is 6.18. The van der Waals surface area contributed by atoms with Crippen LogP contribution in [-0.2, 0) is 30.5 Å². The highest BCUT2D eigenvalue weighted by atomic mass is 35.5. The van der Waals surface area contributed by atoms with Crippen molar-refractivity contribution in [3.8, 4) is 28.8 Å². The summed E-state index contributed by atoms with van der Waals surface area (Å²) in [5.74, 6) is 0.383. The number of rotatable bonds is 17. The summed E-state index contributed by atoms with van der Waals surface area (Å²) in [7, 11) is 1.80. The molecule has 2 heterocycles. The van der Waals surface area contributed by atoms with E-state index in [9.17, 15) is 10.1 Å². The summed E-state index contributed by atoms with van der Waals surface area (Å²) in [4.78, 5) is 22.0. The number of methoxy groups -OCH3 is 2. The standard InChI is InChI=1S/C29H39ClN4O7SSi/c1-8-40-28(35)19(2)42-29-32-26(21-13-24(23(37-4)14-22(21)30)41-18-39-10-9-36-3)25-20(15-31)16-34(27(25)33-29)17-38-11-12-43(5,6)7/h13-14,16,19H,8-12,17-18H2,1-7H3. The molecule has 0 aliphatic carbocycles. The minimum Gasteiger partial charge on any atom is -0.493 e. The van der Waals surface area contributed by atoms with E-state index in [-0.39, 0.29) is 26.1 Å². The van der Waals surface area contributed by atoms with Crippen molar-refractivity contribution in [2.45, 2.75) is 56.7 Å². The van der Waals surface area contributed by atoms with E-state index >= 15 is 0 Å². The molecule has 11 nitrogen and oxygen atoms in total. The van der Waals surface area contributed by atoms with Crippen LogP contribution in [0.1, 0.15) is 19.4 Å². The molecular formula is C29H39ClN4O7SSi. The third-order valence-corrected chi connectivity index (χ3v) is 9.14. The number of halogens is 1. The van der Waals surface area contributed by atoms with Gasteiger partial charge in [-0.2, -0.15) is 5.26 Å². The molecule has 0 N–H and O–H groups in total. The highest BCUT2D eigenvalue weighted by Gasteiger charge is 2.25. The molecule has 1 unspecified atom stereocenters. The van der Waals surface area contributed by atoms with Gasteiger partial charge in [0.1, 0.15) is 23.7 Å². The number of hydrogen-bond donors (Lipinski definition) is 0. The van der Waals surface area contributed by atoms with Gasteiger partial charge in [0.25, 0.3) is 0 Å². The van der Waals surface area contributed by atoms with Crippen LogP contribution in [0, 0.1) is 11.3 Å². The van der Waals surface area contributed by atoms with Crippen LogP contribution >= 0.6 is 23.4 Å². The first-order chi connectivity index (χ1) is 20.5. The second-order valence-electron chi connectivity index (χ2n) is 10.7. The average molecular weight is 651 g/mol. The number of nitrogens with zero attached hydrogens (tertiary/aromatic N) is 4. The normalized spacial score (nSPS) is 12.3. The van der Waals surface area contributed by atoms with Crippen LogP contribution in [0.2, 0.25) is 30.7 Å². The molecule has 0 bridgehead atoms. The smallest absolute Gasteiger partial charge is 0.319 e. The molecule has 0 fully saturated rings.